The highest BCUT2D eigenvalue weighted by Gasteiger charge is 2.17. The fourth-order valence-electron chi connectivity index (χ4n) is 2.21. The molecule has 2 unspecified atom stereocenters. The zero-order valence-corrected chi connectivity index (χ0v) is 13.0. The van der Waals surface area contributed by atoms with Gasteiger partial charge in [0.1, 0.15) is 11.6 Å². The Morgan fingerprint density at radius 3 is 2.62 bits per heavy atom. The number of halogens is 2. The quantitative estimate of drug-likeness (QED) is 0.889. The van der Waals surface area contributed by atoms with E-state index in [4.69, 9.17) is 0 Å². The molecule has 1 aromatic carbocycles. The number of rotatable bonds is 5. The number of aryl methyl sites for hydroxylation is 2. The van der Waals surface area contributed by atoms with Crippen molar-refractivity contribution in [2.45, 2.75) is 32.9 Å². The van der Waals surface area contributed by atoms with Gasteiger partial charge in [-0.2, -0.15) is 0 Å². The van der Waals surface area contributed by atoms with Gasteiger partial charge in [0.25, 0.3) is 0 Å². The molecule has 21 heavy (non-hydrogen) atoms. The number of benzene rings is 1. The first-order valence-electron chi connectivity index (χ1n) is 6.68. The van der Waals surface area contributed by atoms with Crippen LogP contribution in [0.5, 0.6) is 0 Å². The van der Waals surface area contributed by atoms with Crippen LogP contribution in [0.25, 0.3) is 0 Å². The number of hydrogen-bond donors (Lipinski definition) is 2. The van der Waals surface area contributed by atoms with Crippen LogP contribution < -0.4 is 5.32 Å². The van der Waals surface area contributed by atoms with E-state index in [1.165, 1.54) is 6.07 Å². The average Bonchev–Trinajstić information content (AvgIpc) is 2.74. The van der Waals surface area contributed by atoms with E-state index in [1.807, 2.05) is 20.8 Å². The second-order valence-electron chi connectivity index (χ2n) is 4.99. The molecule has 0 fully saturated rings. The van der Waals surface area contributed by atoms with Gasteiger partial charge < -0.3 is 10.4 Å². The Hall–Kier alpha value is -1.37. The molecule has 2 aromatic rings. The van der Waals surface area contributed by atoms with Gasteiger partial charge in [0.15, 0.2) is 0 Å². The number of nitrogens with zero attached hydrogens (tertiary/aromatic N) is 1. The number of thiazole rings is 1. The number of nitrogens with one attached hydrogen (secondary N) is 1. The van der Waals surface area contributed by atoms with Crippen molar-refractivity contribution in [2.24, 2.45) is 0 Å². The highest BCUT2D eigenvalue weighted by Crippen LogP contribution is 2.25. The molecule has 2 N–H and O–H groups in total. The van der Waals surface area contributed by atoms with Gasteiger partial charge in [0.05, 0.1) is 16.8 Å². The third-order valence-electron chi connectivity index (χ3n) is 3.27. The fourth-order valence-corrected chi connectivity index (χ4v) is 3.17. The van der Waals surface area contributed by atoms with Gasteiger partial charge in [-0.3, -0.25) is 0 Å². The third kappa shape index (κ3) is 3.84. The van der Waals surface area contributed by atoms with E-state index in [0.717, 1.165) is 27.7 Å². The SMILES string of the molecule is Cc1nc(C)c(C(C)NCC(O)c2ccc(F)cc2F)s1. The van der Waals surface area contributed by atoms with Crippen LogP contribution in [0.4, 0.5) is 8.78 Å². The van der Waals surface area contributed by atoms with Gasteiger partial charge in [-0.05, 0) is 26.8 Å². The van der Waals surface area contributed by atoms with Gasteiger partial charge in [0.2, 0.25) is 0 Å². The maximum Gasteiger partial charge on any atom is 0.131 e. The van der Waals surface area contributed by atoms with Gasteiger partial charge in [-0.25, -0.2) is 13.8 Å². The molecule has 0 spiro atoms. The van der Waals surface area contributed by atoms with E-state index < -0.39 is 17.7 Å². The highest BCUT2D eigenvalue weighted by molar-refractivity contribution is 7.11. The van der Waals surface area contributed by atoms with Crippen molar-refractivity contribution in [3.8, 4) is 0 Å². The minimum atomic E-state index is -1.03. The molecule has 0 aliphatic rings. The molecule has 0 amide bonds. The number of hydrogen-bond acceptors (Lipinski definition) is 4. The molecule has 0 saturated heterocycles. The molecular formula is C15H18F2N2OS. The zero-order valence-electron chi connectivity index (χ0n) is 12.2. The van der Waals surface area contributed by atoms with Crippen molar-refractivity contribution < 1.29 is 13.9 Å². The van der Waals surface area contributed by atoms with Crippen molar-refractivity contribution >= 4 is 11.3 Å². The summed E-state index contributed by atoms with van der Waals surface area (Å²) in [6.07, 6.45) is -1.03. The standard InChI is InChI=1S/C15H18F2N2OS/c1-8(15-9(2)19-10(3)21-15)18-7-14(20)12-5-4-11(16)6-13(12)17/h4-6,8,14,18,20H,7H2,1-3H3. The van der Waals surface area contributed by atoms with Crippen molar-refractivity contribution in [3.63, 3.8) is 0 Å². The summed E-state index contributed by atoms with van der Waals surface area (Å²) in [6, 6.07) is 3.19. The molecule has 0 aliphatic carbocycles. The summed E-state index contributed by atoms with van der Waals surface area (Å²) in [5.74, 6) is -1.39. The molecule has 3 nitrogen and oxygen atoms in total. The molecule has 1 aromatic heterocycles. The van der Waals surface area contributed by atoms with Crippen molar-refractivity contribution in [1.82, 2.24) is 10.3 Å². The molecule has 0 aliphatic heterocycles. The van der Waals surface area contributed by atoms with E-state index in [1.54, 1.807) is 11.3 Å². The smallest absolute Gasteiger partial charge is 0.131 e. The lowest BCUT2D eigenvalue weighted by molar-refractivity contribution is 0.166. The van der Waals surface area contributed by atoms with E-state index >= 15 is 0 Å². The molecule has 6 heteroatoms. The van der Waals surface area contributed by atoms with Crippen molar-refractivity contribution in [2.75, 3.05) is 6.54 Å². The average molecular weight is 312 g/mol. The van der Waals surface area contributed by atoms with Gasteiger partial charge >= 0.3 is 0 Å². The Morgan fingerprint density at radius 2 is 2.05 bits per heavy atom. The van der Waals surface area contributed by atoms with Gasteiger partial charge in [-0.15, -0.1) is 11.3 Å². The van der Waals surface area contributed by atoms with Crippen molar-refractivity contribution in [1.29, 1.82) is 0 Å². The fraction of sp³-hybridized carbons (Fsp3) is 0.400. The Labute approximate surface area is 126 Å². The van der Waals surface area contributed by atoms with Gasteiger partial charge in [-0.1, -0.05) is 6.07 Å². The first-order chi connectivity index (χ1) is 9.88. The number of aromatic nitrogens is 1. The molecule has 114 valence electrons. The number of aliphatic hydroxyl groups excluding tert-OH is 1. The summed E-state index contributed by atoms with van der Waals surface area (Å²) in [5.41, 5.74) is 1.05. The summed E-state index contributed by atoms with van der Waals surface area (Å²) in [7, 11) is 0. The van der Waals surface area contributed by atoms with Crippen molar-refractivity contribution in [3.05, 3.63) is 51.0 Å². The highest BCUT2D eigenvalue weighted by atomic mass is 32.1. The van der Waals surface area contributed by atoms with E-state index in [-0.39, 0.29) is 18.2 Å². The summed E-state index contributed by atoms with van der Waals surface area (Å²) >= 11 is 1.60. The Balaban J connectivity index is 2.00. The lowest BCUT2D eigenvalue weighted by Gasteiger charge is -2.17. The van der Waals surface area contributed by atoms with E-state index in [0.29, 0.717) is 0 Å². The van der Waals surface area contributed by atoms with Crippen LogP contribution in [-0.4, -0.2) is 16.6 Å². The third-order valence-corrected chi connectivity index (χ3v) is 4.53. The van der Waals surface area contributed by atoms with Crippen LogP contribution in [0, 0.1) is 25.5 Å². The lowest BCUT2D eigenvalue weighted by Crippen LogP contribution is -2.25. The summed E-state index contributed by atoms with van der Waals surface area (Å²) < 4.78 is 26.4. The summed E-state index contributed by atoms with van der Waals surface area (Å²) in [4.78, 5) is 5.45. The second kappa shape index (κ2) is 6.60. The largest absolute Gasteiger partial charge is 0.387 e. The Kier molecular flexibility index (Phi) is 5.03. The topological polar surface area (TPSA) is 45.2 Å². The summed E-state index contributed by atoms with van der Waals surface area (Å²) in [6.45, 7) is 6.03. The minimum Gasteiger partial charge on any atom is -0.387 e. The van der Waals surface area contributed by atoms with Crippen LogP contribution in [-0.2, 0) is 0 Å². The van der Waals surface area contributed by atoms with E-state index in [2.05, 4.69) is 10.3 Å². The second-order valence-corrected chi connectivity index (χ2v) is 6.23. The molecular weight excluding hydrogens is 294 g/mol. The van der Waals surface area contributed by atoms with Crippen LogP contribution in [0.15, 0.2) is 18.2 Å². The first kappa shape index (κ1) is 16.0. The predicted octanol–water partition coefficient (Wildman–Crippen LogP) is 3.42. The number of aliphatic hydroxyl groups is 1. The summed E-state index contributed by atoms with van der Waals surface area (Å²) in [5, 5.41) is 14.2. The lowest BCUT2D eigenvalue weighted by atomic mass is 10.1. The Bertz CT molecular complexity index is 630. The van der Waals surface area contributed by atoms with Crippen LogP contribution in [0.1, 0.15) is 40.2 Å². The molecule has 2 atom stereocenters. The molecule has 0 radical (unpaired) electrons. The van der Waals surface area contributed by atoms with Gasteiger partial charge in [0, 0.05) is 29.1 Å². The van der Waals surface area contributed by atoms with Crippen LogP contribution in [0.2, 0.25) is 0 Å². The molecule has 1 heterocycles. The molecule has 2 rings (SSSR count). The minimum absolute atomic E-state index is 0.00867. The first-order valence-corrected chi connectivity index (χ1v) is 7.50. The monoisotopic (exact) mass is 312 g/mol. The zero-order chi connectivity index (χ0) is 15.6. The predicted molar refractivity (Wildman–Crippen MR) is 79.3 cm³/mol. The maximum atomic E-state index is 13.6. The maximum absolute atomic E-state index is 13.6. The van der Waals surface area contributed by atoms with E-state index in [9.17, 15) is 13.9 Å². The van der Waals surface area contributed by atoms with Crippen LogP contribution in [0.3, 0.4) is 0 Å². The van der Waals surface area contributed by atoms with Crippen LogP contribution >= 0.6 is 11.3 Å². The normalized spacial score (nSPS) is 14.2. The Morgan fingerprint density at radius 1 is 1.33 bits per heavy atom. The molecule has 0 saturated carbocycles. The molecule has 0 bridgehead atoms.